The first-order valence-corrected chi connectivity index (χ1v) is 17.2. The van der Waals surface area contributed by atoms with E-state index in [4.69, 9.17) is 27.9 Å². The first-order chi connectivity index (χ1) is 22.1. The highest BCUT2D eigenvalue weighted by atomic mass is 35.5. The molecule has 0 aliphatic heterocycles. The fraction of sp³-hybridized carbons (Fsp3) is 0.257. The van der Waals surface area contributed by atoms with Crippen molar-refractivity contribution in [3.63, 3.8) is 0 Å². The van der Waals surface area contributed by atoms with E-state index in [9.17, 15) is 18.0 Å². The number of carbonyl (C=O) groups excluding carboxylic acids is 2. The normalized spacial score (nSPS) is 11.8. The maximum atomic E-state index is 14.5. The zero-order chi connectivity index (χ0) is 33.1. The summed E-state index contributed by atoms with van der Waals surface area (Å²) in [5, 5.41) is 3.84. The summed E-state index contributed by atoms with van der Waals surface area (Å²) in [5.41, 5.74) is 1.84. The van der Waals surface area contributed by atoms with Crippen molar-refractivity contribution in [2.75, 3.05) is 24.0 Å². The SMILES string of the molecule is CCCNC(=O)[C@@H](Cc1ccccc1)N(Cc1ccc(Cl)cc1)C(=O)CN(c1ccc(OCC)cc1)S(=O)(=O)c1ccc(Cl)cc1. The number of carbonyl (C=O) groups is 2. The summed E-state index contributed by atoms with van der Waals surface area (Å²) in [5.74, 6) is -0.337. The van der Waals surface area contributed by atoms with Gasteiger partial charge in [0.15, 0.2) is 0 Å². The highest BCUT2D eigenvalue weighted by Gasteiger charge is 2.34. The number of ether oxygens (including phenoxy) is 1. The van der Waals surface area contributed by atoms with E-state index in [0.29, 0.717) is 35.4 Å². The molecule has 0 heterocycles. The van der Waals surface area contributed by atoms with Gasteiger partial charge in [-0.3, -0.25) is 13.9 Å². The molecule has 0 aliphatic rings. The lowest BCUT2D eigenvalue weighted by molar-refractivity contribution is -0.140. The zero-order valence-corrected chi connectivity index (χ0v) is 28.1. The van der Waals surface area contributed by atoms with E-state index in [1.807, 2.05) is 44.2 Å². The second-order valence-corrected chi connectivity index (χ2v) is 13.3. The second-order valence-electron chi connectivity index (χ2n) is 10.5. The number of halogens is 2. The van der Waals surface area contributed by atoms with Gasteiger partial charge in [-0.15, -0.1) is 0 Å². The maximum absolute atomic E-state index is 14.5. The first-order valence-electron chi connectivity index (χ1n) is 15.0. The lowest BCUT2D eigenvalue weighted by Crippen LogP contribution is -2.53. The fourth-order valence-corrected chi connectivity index (χ4v) is 6.51. The van der Waals surface area contributed by atoms with Crippen LogP contribution in [0.1, 0.15) is 31.4 Å². The number of amides is 2. The Bertz CT molecular complexity index is 1690. The molecule has 1 atom stereocenters. The molecule has 0 fully saturated rings. The Morgan fingerprint density at radius 2 is 1.41 bits per heavy atom. The number of hydrogen-bond donors (Lipinski definition) is 1. The molecule has 0 aliphatic carbocycles. The molecule has 0 spiro atoms. The van der Waals surface area contributed by atoms with E-state index >= 15 is 0 Å². The van der Waals surface area contributed by atoms with Gasteiger partial charge >= 0.3 is 0 Å². The molecular formula is C35H37Cl2N3O5S. The minimum absolute atomic E-state index is 0.0376. The van der Waals surface area contributed by atoms with E-state index in [-0.39, 0.29) is 29.5 Å². The summed E-state index contributed by atoms with van der Waals surface area (Å²) >= 11 is 12.2. The van der Waals surface area contributed by atoms with Crippen LogP contribution in [0.5, 0.6) is 5.75 Å². The molecule has 4 aromatic carbocycles. The Labute approximate surface area is 280 Å². The van der Waals surface area contributed by atoms with Gasteiger partial charge in [-0.25, -0.2) is 8.42 Å². The molecule has 4 rings (SSSR count). The van der Waals surface area contributed by atoms with E-state index < -0.39 is 28.5 Å². The average molecular weight is 683 g/mol. The summed E-state index contributed by atoms with van der Waals surface area (Å²) in [6, 6.07) is 27.7. The molecular weight excluding hydrogens is 645 g/mol. The Hall–Kier alpha value is -4.05. The number of anilines is 1. The summed E-state index contributed by atoms with van der Waals surface area (Å²) < 4.78 is 34.9. The van der Waals surface area contributed by atoms with Crippen LogP contribution in [-0.2, 0) is 32.6 Å². The van der Waals surface area contributed by atoms with Crippen molar-refractivity contribution in [3.8, 4) is 5.75 Å². The van der Waals surface area contributed by atoms with Crippen molar-refractivity contribution in [2.45, 2.75) is 44.2 Å². The van der Waals surface area contributed by atoms with Crippen LogP contribution in [0.2, 0.25) is 10.0 Å². The van der Waals surface area contributed by atoms with Crippen molar-refractivity contribution >= 4 is 50.7 Å². The second kappa shape index (κ2) is 16.5. The van der Waals surface area contributed by atoms with Crippen LogP contribution >= 0.6 is 23.2 Å². The minimum Gasteiger partial charge on any atom is -0.494 e. The monoisotopic (exact) mass is 681 g/mol. The highest BCUT2D eigenvalue weighted by Crippen LogP contribution is 2.28. The lowest BCUT2D eigenvalue weighted by atomic mass is 10.0. The van der Waals surface area contributed by atoms with Crippen LogP contribution in [0, 0.1) is 0 Å². The number of nitrogens with zero attached hydrogens (tertiary/aromatic N) is 2. The summed E-state index contributed by atoms with van der Waals surface area (Å²) in [7, 11) is -4.25. The molecule has 0 saturated carbocycles. The Kier molecular flexibility index (Phi) is 12.5. The zero-order valence-electron chi connectivity index (χ0n) is 25.7. The molecule has 1 N–H and O–H groups in total. The van der Waals surface area contributed by atoms with Gasteiger partial charge in [-0.05, 0) is 85.1 Å². The largest absolute Gasteiger partial charge is 0.494 e. The van der Waals surface area contributed by atoms with Crippen molar-refractivity contribution in [1.82, 2.24) is 10.2 Å². The van der Waals surface area contributed by atoms with E-state index in [2.05, 4.69) is 5.32 Å². The van der Waals surface area contributed by atoms with Crippen LogP contribution in [0.15, 0.2) is 108 Å². The molecule has 46 heavy (non-hydrogen) atoms. The predicted octanol–water partition coefficient (Wildman–Crippen LogP) is 6.75. The molecule has 2 amide bonds. The molecule has 0 bridgehead atoms. The third-order valence-electron chi connectivity index (χ3n) is 7.20. The van der Waals surface area contributed by atoms with Crippen LogP contribution in [0.3, 0.4) is 0 Å². The molecule has 4 aromatic rings. The maximum Gasteiger partial charge on any atom is 0.264 e. The molecule has 8 nitrogen and oxygen atoms in total. The number of benzene rings is 4. The van der Waals surface area contributed by atoms with Crippen molar-refractivity contribution in [1.29, 1.82) is 0 Å². The molecule has 11 heteroatoms. The van der Waals surface area contributed by atoms with Crippen molar-refractivity contribution in [3.05, 3.63) is 124 Å². The highest BCUT2D eigenvalue weighted by molar-refractivity contribution is 7.92. The topological polar surface area (TPSA) is 96.0 Å². The van der Waals surface area contributed by atoms with Gasteiger partial charge in [0.1, 0.15) is 18.3 Å². The first kappa shape index (κ1) is 34.8. The molecule has 0 radical (unpaired) electrons. The summed E-state index contributed by atoms with van der Waals surface area (Å²) in [6.45, 7) is 4.13. The third kappa shape index (κ3) is 9.25. The number of nitrogens with one attached hydrogen (secondary N) is 1. The smallest absolute Gasteiger partial charge is 0.264 e. The van der Waals surface area contributed by atoms with E-state index in [0.717, 1.165) is 15.4 Å². The quantitative estimate of drug-likeness (QED) is 0.150. The van der Waals surface area contributed by atoms with Crippen LogP contribution < -0.4 is 14.4 Å². The predicted molar refractivity (Wildman–Crippen MR) is 183 cm³/mol. The fourth-order valence-electron chi connectivity index (χ4n) is 4.84. The van der Waals surface area contributed by atoms with Gasteiger partial charge in [-0.1, -0.05) is 72.6 Å². The number of hydrogen-bond acceptors (Lipinski definition) is 5. The third-order valence-corrected chi connectivity index (χ3v) is 9.49. The minimum atomic E-state index is -4.25. The van der Waals surface area contributed by atoms with E-state index in [1.54, 1.807) is 48.5 Å². The standard InChI is InChI=1S/C35H37Cl2N3O5S/c1-3-22-38-35(42)33(23-26-8-6-5-7-9-26)39(24-27-10-12-28(36)13-11-27)34(41)25-40(30-16-18-31(19-17-30)45-4-2)46(43,44)32-20-14-29(37)15-21-32/h5-21,33H,3-4,22-25H2,1-2H3,(H,38,42)/t33-/m1/s1. The van der Waals surface area contributed by atoms with Crippen LogP contribution in [-0.4, -0.2) is 50.9 Å². The molecule has 0 unspecified atom stereocenters. The van der Waals surface area contributed by atoms with Crippen LogP contribution in [0.25, 0.3) is 0 Å². The summed E-state index contributed by atoms with van der Waals surface area (Å²) in [4.78, 5) is 29.6. The van der Waals surface area contributed by atoms with Gasteiger partial charge in [0, 0.05) is 29.6 Å². The van der Waals surface area contributed by atoms with Crippen LogP contribution in [0.4, 0.5) is 5.69 Å². The average Bonchev–Trinajstić information content (AvgIpc) is 3.06. The summed E-state index contributed by atoms with van der Waals surface area (Å²) in [6.07, 6.45) is 0.933. The lowest BCUT2D eigenvalue weighted by Gasteiger charge is -2.34. The number of rotatable bonds is 15. The number of sulfonamides is 1. The molecule has 0 saturated heterocycles. The van der Waals surface area contributed by atoms with Gasteiger partial charge < -0.3 is 15.0 Å². The van der Waals surface area contributed by atoms with E-state index in [1.165, 1.54) is 29.2 Å². The van der Waals surface area contributed by atoms with Gasteiger partial charge in [0.2, 0.25) is 11.8 Å². The van der Waals surface area contributed by atoms with Gasteiger partial charge in [0.25, 0.3) is 10.0 Å². The Morgan fingerprint density at radius 1 is 0.804 bits per heavy atom. The molecule has 242 valence electrons. The Morgan fingerprint density at radius 3 is 2.00 bits per heavy atom. The van der Waals surface area contributed by atoms with Gasteiger partial charge in [-0.2, -0.15) is 0 Å². The Balaban J connectivity index is 1.79. The van der Waals surface area contributed by atoms with Crippen molar-refractivity contribution in [2.24, 2.45) is 0 Å². The van der Waals surface area contributed by atoms with Crippen molar-refractivity contribution < 1.29 is 22.7 Å². The van der Waals surface area contributed by atoms with Gasteiger partial charge in [0.05, 0.1) is 17.2 Å². The molecule has 0 aromatic heterocycles.